The van der Waals surface area contributed by atoms with Gasteiger partial charge in [0.2, 0.25) is 5.75 Å². The van der Waals surface area contributed by atoms with Crippen molar-refractivity contribution < 1.29 is 18.8 Å². The molecular weight excluding hydrogens is 253 g/mol. The second-order valence-corrected chi connectivity index (χ2v) is 4.54. The topological polar surface area (TPSA) is 69.4 Å². The highest BCUT2D eigenvalue weighted by Crippen LogP contribution is 2.30. The summed E-state index contributed by atoms with van der Waals surface area (Å²) in [6.07, 6.45) is 2.76. The number of nitro benzene ring substituents is 1. The van der Waals surface area contributed by atoms with E-state index in [1.54, 1.807) is 0 Å². The van der Waals surface area contributed by atoms with Gasteiger partial charge in [-0.3, -0.25) is 14.9 Å². The average Bonchev–Trinajstić information content (AvgIpc) is 2.77. The summed E-state index contributed by atoms with van der Waals surface area (Å²) in [4.78, 5) is 21.5. The Morgan fingerprint density at radius 2 is 2.26 bits per heavy atom. The lowest BCUT2D eigenvalue weighted by molar-refractivity contribution is -0.386. The van der Waals surface area contributed by atoms with Gasteiger partial charge >= 0.3 is 5.69 Å². The molecule has 6 heteroatoms. The lowest BCUT2D eigenvalue weighted by Crippen LogP contribution is -2.12. The zero-order chi connectivity index (χ0) is 13.8. The van der Waals surface area contributed by atoms with Crippen LogP contribution in [0.2, 0.25) is 0 Å². The number of nitrogens with zero attached hydrogens (tertiary/aromatic N) is 1. The molecule has 0 aliphatic heterocycles. The van der Waals surface area contributed by atoms with Gasteiger partial charge in [-0.2, -0.15) is 0 Å². The Labute approximate surface area is 109 Å². The predicted molar refractivity (Wildman–Crippen MR) is 65.5 cm³/mol. The van der Waals surface area contributed by atoms with Gasteiger partial charge < -0.3 is 4.74 Å². The van der Waals surface area contributed by atoms with E-state index in [4.69, 9.17) is 4.74 Å². The maximum atomic E-state index is 13.5. The molecule has 1 aromatic rings. The largest absolute Gasteiger partial charge is 0.485 e. The number of Topliss-reactive ketones (excluding diaryl/α,β-unsaturated/α-hetero) is 1. The first-order valence-electron chi connectivity index (χ1n) is 6.18. The quantitative estimate of drug-likeness (QED) is 0.607. The first kappa shape index (κ1) is 13.5. The normalized spacial score (nSPS) is 18.6. The highest BCUT2D eigenvalue weighted by atomic mass is 19.1. The monoisotopic (exact) mass is 267 g/mol. The average molecular weight is 267 g/mol. The summed E-state index contributed by atoms with van der Waals surface area (Å²) < 4.78 is 18.7. The summed E-state index contributed by atoms with van der Waals surface area (Å²) in [5.74, 6) is -0.956. The summed E-state index contributed by atoms with van der Waals surface area (Å²) >= 11 is 0. The van der Waals surface area contributed by atoms with Crippen LogP contribution in [-0.2, 0) is 4.79 Å². The van der Waals surface area contributed by atoms with Crippen LogP contribution >= 0.6 is 0 Å². The van der Waals surface area contributed by atoms with Crippen molar-refractivity contribution in [3.05, 3.63) is 34.1 Å². The van der Waals surface area contributed by atoms with Crippen LogP contribution in [0.25, 0.3) is 0 Å². The summed E-state index contributed by atoms with van der Waals surface area (Å²) in [5, 5.41) is 10.8. The lowest BCUT2D eigenvalue weighted by atomic mass is 10.0. The van der Waals surface area contributed by atoms with Gasteiger partial charge in [0.25, 0.3) is 0 Å². The van der Waals surface area contributed by atoms with Gasteiger partial charge in [0.05, 0.1) is 11.5 Å². The number of hydrogen-bond acceptors (Lipinski definition) is 4. The Balaban J connectivity index is 1.99. The summed E-state index contributed by atoms with van der Waals surface area (Å²) in [7, 11) is 0. The molecule has 0 amide bonds. The highest BCUT2D eigenvalue weighted by Gasteiger charge is 2.25. The number of hydrogen-bond donors (Lipinski definition) is 0. The van der Waals surface area contributed by atoms with E-state index < -0.39 is 16.4 Å². The first-order valence-corrected chi connectivity index (χ1v) is 6.18. The molecule has 1 unspecified atom stereocenters. The number of nitro groups is 1. The van der Waals surface area contributed by atoms with Gasteiger partial charge in [-0.15, -0.1) is 0 Å². The number of halogens is 1. The van der Waals surface area contributed by atoms with Crippen LogP contribution in [0, 0.1) is 21.8 Å². The second-order valence-electron chi connectivity index (χ2n) is 4.54. The fraction of sp³-hybridized carbons (Fsp3) is 0.462. The van der Waals surface area contributed by atoms with E-state index in [0.29, 0.717) is 12.8 Å². The van der Waals surface area contributed by atoms with Crippen LogP contribution in [-0.4, -0.2) is 17.3 Å². The predicted octanol–water partition coefficient (Wildman–Crippen LogP) is 2.87. The third-order valence-corrected chi connectivity index (χ3v) is 3.29. The van der Waals surface area contributed by atoms with Gasteiger partial charge in [-0.05, 0) is 25.3 Å². The van der Waals surface area contributed by atoms with Gasteiger partial charge in [-0.1, -0.05) is 6.07 Å². The summed E-state index contributed by atoms with van der Waals surface area (Å²) in [6.45, 7) is 0.109. The third-order valence-electron chi connectivity index (χ3n) is 3.29. The van der Waals surface area contributed by atoms with Gasteiger partial charge in [0.15, 0.2) is 5.82 Å². The minimum absolute atomic E-state index is 0.0502. The lowest BCUT2D eigenvalue weighted by Gasteiger charge is -2.10. The number of ether oxygens (including phenoxy) is 1. The molecule has 0 radical (unpaired) electrons. The fourth-order valence-electron chi connectivity index (χ4n) is 2.28. The van der Waals surface area contributed by atoms with Gasteiger partial charge in [-0.25, -0.2) is 4.39 Å². The molecule has 0 heterocycles. The smallest absolute Gasteiger partial charge is 0.314 e. The minimum Gasteiger partial charge on any atom is -0.485 e. The van der Waals surface area contributed by atoms with Crippen LogP contribution in [0.4, 0.5) is 10.1 Å². The molecule has 1 aliphatic rings. The van der Waals surface area contributed by atoms with Crippen LogP contribution < -0.4 is 4.74 Å². The standard InChI is InChI=1S/C13H14FNO4/c14-10-4-2-5-11(15(17)18)13(10)19-8-7-9-3-1-6-12(9)16/h2,4-5,9H,1,3,6-8H2. The number of rotatable bonds is 5. The summed E-state index contributed by atoms with van der Waals surface area (Å²) in [6, 6.07) is 3.57. The second kappa shape index (κ2) is 5.77. The van der Waals surface area contributed by atoms with Crippen LogP contribution in [0.3, 0.4) is 0 Å². The van der Waals surface area contributed by atoms with Crippen molar-refractivity contribution in [1.29, 1.82) is 0 Å². The highest BCUT2D eigenvalue weighted by molar-refractivity contribution is 5.82. The maximum absolute atomic E-state index is 13.5. The van der Waals surface area contributed by atoms with Gasteiger partial charge in [0, 0.05) is 18.4 Å². The van der Waals surface area contributed by atoms with E-state index in [9.17, 15) is 19.3 Å². The molecule has 2 rings (SSSR count). The first-order chi connectivity index (χ1) is 9.09. The number of para-hydroxylation sites is 1. The zero-order valence-corrected chi connectivity index (χ0v) is 10.3. The number of ketones is 1. The van der Waals surface area contributed by atoms with E-state index in [2.05, 4.69) is 0 Å². The minimum atomic E-state index is -0.757. The number of carbonyl (C=O) groups excluding carboxylic acids is 1. The molecule has 1 aliphatic carbocycles. The summed E-state index contributed by atoms with van der Waals surface area (Å²) in [5.41, 5.74) is -0.391. The van der Waals surface area contributed by atoms with E-state index in [1.165, 1.54) is 12.1 Å². The Kier molecular flexibility index (Phi) is 4.09. The van der Waals surface area contributed by atoms with E-state index >= 15 is 0 Å². The van der Waals surface area contributed by atoms with Crippen molar-refractivity contribution in [2.45, 2.75) is 25.7 Å². The molecule has 1 aromatic carbocycles. The molecule has 0 N–H and O–H groups in total. The Bertz CT molecular complexity index is 503. The Morgan fingerprint density at radius 3 is 2.89 bits per heavy atom. The Morgan fingerprint density at radius 1 is 1.47 bits per heavy atom. The SMILES string of the molecule is O=C1CCCC1CCOc1c(F)cccc1[N+](=O)[O-]. The molecular formula is C13H14FNO4. The molecule has 5 nitrogen and oxygen atoms in total. The molecule has 102 valence electrons. The number of benzene rings is 1. The molecule has 1 fully saturated rings. The van der Waals surface area contributed by atoms with Gasteiger partial charge in [0.1, 0.15) is 5.78 Å². The fourth-order valence-corrected chi connectivity index (χ4v) is 2.28. The van der Waals surface area contributed by atoms with Crippen molar-refractivity contribution in [2.24, 2.45) is 5.92 Å². The molecule has 1 atom stereocenters. The molecule has 0 spiro atoms. The Hall–Kier alpha value is -1.98. The van der Waals surface area contributed by atoms with Crippen molar-refractivity contribution in [3.63, 3.8) is 0 Å². The van der Waals surface area contributed by atoms with Crippen LogP contribution in [0.1, 0.15) is 25.7 Å². The zero-order valence-electron chi connectivity index (χ0n) is 10.3. The molecule has 0 aromatic heterocycles. The van der Waals surface area contributed by atoms with E-state index in [1.807, 2.05) is 0 Å². The van der Waals surface area contributed by atoms with E-state index in [0.717, 1.165) is 18.9 Å². The molecule has 0 saturated heterocycles. The molecule has 19 heavy (non-hydrogen) atoms. The van der Waals surface area contributed by atoms with Crippen molar-refractivity contribution >= 4 is 11.5 Å². The van der Waals surface area contributed by atoms with E-state index in [-0.39, 0.29) is 24.1 Å². The molecule has 1 saturated carbocycles. The maximum Gasteiger partial charge on any atom is 0.314 e. The molecule has 0 bridgehead atoms. The van der Waals surface area contributed by atoms with Crippen LogP contribution in [0.15, 0.2) is 18.2 Å². The number of carbonyl (C=O) groups is 1. The van der Waals surface area contributed by atoms with Crippen molar-refractivity contribution in [1.82, 2.24) is 0 Å². The van der Waals surface area contributed by atoms with Crippen LogP contribution in [0.5, 0.6) is 5.75 Å². The van der Waals surface area contributed by atoms with Crippen molar-refractivity contribution in [2.75, 3.05) is 6.61 Å². The third kappa shape index (κ3) is 3.07. The van der Waals surface area contributed by atoms with Crippen molar-refractivity contribution in [3.8, 4) is 5.75 Å².